The molecule has 1 N–H and O–H groups in total. The molecule has 3 atom stereocenters. The average molecular weight is 493 g/mol. The second-order valence-corrected chi connectivity index (χ2v) is 13.4. The minimum absolute atomic E-state index is 0.0261. The van der Waals surface area contributed by atoms with E-state index in [9.17, 15) is 16.8 Å². The van der Waals surface area contributed by atoms with Crippen LogP contribution in [0.15, 0.2) is 59.5 Å². The molecule has 3 rings (SSSR count). The summed E-state index contributed by atoms with van der Waals surface area (Å²) in [6, 6.07) is 16.3. The van der Waals surface area contributed by atoms with Gasteiger partial charge in [0.1, 0.15) is 0 Å². The van der Waals surface area contributed by atoms with Gasteiger partial charge in [-0.15, -0.1) is 0 Å². The third-order valence-electron chi connectivity index (χ3n) is 6.59. The molecule has 6 nitrogen and oxygen atoms in total. The minimum atomic E-state index is -3.80. The summed E-state index contributed by atoms with van der Waals surface area (Å²) in [5.41, 5.74) is 2.17. The van der Waals surface area contributed by atoms with Crippen LogP contribution in [0.3, 0.4) is 0 Å². The number of likely N-dealkylation sites (N-methyl/N-ethyl adjacent to an activating group) is 1. The lowest BCUT2D eigenvalue weighted by molar-refractivity contribution is 0.209. The largest absolute Gasteiger partial charge is 0.310 e. The van der Waals surface area contributed by atoms with Crippen LogP contribution in [0, 0.1) is 0 Å². The monoisotopic (exact) mass is 492 g/mol. The Balaban J connectivity index is 1.86. The molecule has 182 valence electrons. The topological polar surface area (TPSA) is 83.6 Å². The van der Waals surface area contributed by atoms with Gasteiger partial charge in [0.15, 0.2) is 19.7 Å². The summed E-state index contributed by atoms with van der Waals surface area (Å²) in [7, 11) is -7.26. The maximum Gasteiger partial charge on any atom is 0.183 e. The Morgan fingerprint density at radius 2 is 1.55 bits per heavy atom. The molecule has 1 aliphatic rings. The van der Waals surface area contributed by atoms with E-state index < -0.39 is 31.0 Å². The Morgan fingerprint density at radius 3 is 2.09 bits per heavy atom. The standard InChI is InChI=1S/C25H36N2O4S2/c1-5-27(6-2)24(21-10-8-7-9-11-21)16-26-23-17-32(28,29)18-25(23)33(30,31)22-14-12-20(13-15-22)19(3)4/h7-15,19,23-26H,5-6,16-18H2,1-4H3/t23-,24?,25-/m0/s1. The highest BCUT2D eigenvalue weighted by molar-refractivity contribution is 7.96. The molecule has 1 saturated heterocycles. The molecule has 0 spiro atoms. The van der Waals surface area contributed by atoms with Crippen LogP contribution >= 0.6 is 0 Å². The van der Waals surface area contributed by atoms with Gasteiger partial charge >= 0.3 is 0 Å². The molecule has 0 aromatic heterocycles. The molecule has 0 saturated carbocycles. The van der Waals surface area contributed by atoms with Crippen LogP contribution in [0.5, 0.6) is 0 Å². The smallest absolute Gasteiger partial charge is 0.183 e. The summed E-state index contributed by atoms with van der Waals surface area (Å²) in [6.07, 6.45) is 0. The van der Waals surface area contributed by atoms with Crippen molar-refractivity contribution in [1.29, 1.82) is 0 Å². The van der Waals surface area contributed by atoms with E-state index in [0.29, 0.717) is 6.54 Å². The molecule has 2 aromatic carbocycles. The molecule has 0 bridgehead atoms. The van der Waals surface area contributed by atoms with Gasteiger partial charge in [-0.1, -0.05) is 70.2 Å². The lowest BCUT2D eigenvalue weighted by atomic mass is 10.0. The third-order valence-corrected chi connectivity index (χ3v) is 10.8. The van der Waals surface area contributed by atoms with Crippen LogP contribution in [0.25, 0.3) is 0 Å². The van der Waals surface area contributed by atoms with E-state index >= 15 is 0 Å². The number of hydrogen-bond acceptors (Lipinski definition) is 6. The highest BCUT2D eigenvalue weighted by Gasteiger charge is 2.45. The maximum absolute atomic E-state index is 13.5. The van der Waals surface area contributed by atoms with Gasteiger partial charge in [-0.05, 0) is 42.3 Å². The summed E-state index contributed by atoms with van der Waals surface area (Å²) in [4.78, 5) is 2.48. The fraction of sp³-hybridized carbons (Fsp3) is 0.520. The van der Waals surface area contributed by atoms with Gasteiger partial charge in [-0.25, -0.2) is 16.8 Å². The summed E-state index contributed by atoms with van der Waals surface area (Å²) in [6.45, 7) is 10.4. The van der Waals surface area contributed by atoms with Gasteiger partial charge in [0, 0.05) is 18.6 Å². The Labute approximate surface area is 199 Å². The quantitative estimate of drug-likeness (QED) is 0.547. The van der Waals surface area contributed by atoms with Crippen molar-refractivity contribution in [3.05, 3.63) is 65.7 Å². The van der Waals surface area contributed by atoms with Crippen LogP contribution in [0.2, 0.25) is 0 Å². The summed E-state index contributed by atoms with van der Waals surface area (Å²) in [5.74, 6) is -0.223. The number of rotatable bonds is 10. The Kier molecular flexibility index (Phi) is 8.37. The first kappa shape index (κ1) is 25.9. The SMILES string of the molecule is CCN(CC)C(CN[C@H]1CS(=O)(=O)C[C@@H]1S(=O)(=O)c1ccc(C(C)C)cc1)c1ccccc1. The molecule has 0 amide bonds. The Hall–Kier alpha value is -1.74. The van der Waals surface area contributed by atoms with Crippen molar-refractivity contribution in [3.63, 3.8) is 0 Å². The summed E-state index contributed by atoms with van der Waals surface area (Å²) in [5, 5.41) is 2.34. The first-order chi connectivity index (χ1) is 15.6. The van der Waals surface area contributed by atoms with Gasteiger partial charge in [-0.3, -0.25) is 4.90 Å². The number of hydrogen-bond donors (Lipinski definition) is 1. The van der Waals surface area contributed by atoms with Crippen molar-refractivity contribution in [1.82, 2.24) is 10.2 Å². The minimum Gasteiger partial charge on any atom is -0.310 e. The van der Waals surface area contributed by atoms with E-state index in [4.69, 9.17) is 0 Å². The summed E-state index contributed by atoms with van der Waals surface area (Å²) < 4.78 is 52.0. The average Bonchev–Trinajstić information content (AvgIpc) is 3.12. The molecule has 2 aromatic rings. The predicted octanol–water partition coefficient (Wildman–Crippen LogP) is 3.42. The van der Waals surface area contributed by atoms with Crippen molar-refractivity contribution in [3.8, 4) is 0 Å². The highest BCUT2D eigenvalue weighted by atomic mass is 32.2. The van der Waals surface area contributed by atoms with Gasteiger partial charge < -0.3 is 5.32 Å². The first-order valence-corrected chi connectivity index (χ1v) is 15.0. The van der Waals surface area contributed by atoms with E-state index in [1.807, 2.05) is 44.2 Å². The van der Waals surface area contributed by atoms with Crippen LogP contribution < -0.4 is 5.32 Å². The van der Waals surface area contributed by atoms with Gasteiger partial charge in [0.25, 0.3) is 0 Å². The van der Waals surface area contributed by atoms with Gasteiger partial charge in [0.05, 0.1) is 21.7 Å². The number of nitrogens with zero attached hydrogens (tertiary/aromatic N) is 1. The van der Waals surface area contributed by atoms with Crippen LogP contribution in [-0.2, 0) is 19.7 Å². The summed E-state index contributed by atoms with van der Waals surface area (Å²) >= 11 is 0. The lowest BCUT2D eigenvalue weighted by Crippen LogP contribution is -2.47. The highest BCUT2D eigenvalue weighted by Crippen LogP contribution is 2.28. The van der Waals surface area contributed by atoms with E-state index in [1.54, 1.807) is 12.1 Å². The molecular weight excluding hydrogens is 456 g/mol. The zero-order chi connectivity index (χ0) is 24.2. The molecule has 8 heteroatoms. The molecule has 1 heterocycles. The maximum atomic E-state index is 13.5. The predicted molar refractivity (Wildman–Crippen MR) is 134 cm³/mol. The first-order valence-electron chi connectivity index (χ1n) is 11.7. The van der Waals surface area contributed by atoms with Crippen molar-refractivity contribution < 1.29 is 16.8 Å². The van der Waals surface area contributed by atoms with E-state index in [0.717, 1.165) is 24.2 Å². The molecular formula is C25H36N2O4S2. The van der Waals surface area contributed by atoms with Crippen LogP contribution in [0.4, 0.5) is 0 Å². The van der Waals surface area contributed by atoms with Crippen LogP contribution in [-0.4, -0.2) is 64.2 Å². The molecule has 33 heavy (non-hydrogen) atoms. The van der Waals surface area contributed by atoms with E-state index in [-0.39, 0.29) is 28.4 Å². The third kappa shape index (κ3) is 6.04. The van der Waals surface area contributed by atoms with Crippen molar-refractivity contribution in [2.45, 2.75) is 55.8 Å². The zero-order valence-electron chi connectivity index (χ0n) is 19.9. The van der Waals surface area contributed by atoms with Gasteiger partial charge in [-0.2, -0.15) is 0 Å². The van der Waals surface area contributed by atoms with Crippen molar-refractivity contribution in [2.75, 3.05) is 31.1 Å². The van der Waals surface area contributed by atoms with E-state index in [2.05, 4.69) is 36.2 Å². The fourth-order valence-electron chi connectivity index (χ4n) is 4.59. The number of benzene rings is 2. The molecule has 1 fully saturated rings. The van der Waals surface area contributed by atoms with Gasteiger partial charge in [0.2, 0.25) is 0 Å². The zero-order valence-corrected chi connectivity index (χ0v) is 21.6. The molecule has 0 aliphatic carbocycles. The Bertz CT molecular complexity index is 1110. The van der Waals surface area contributed by atoms with Crippen molar-refractivity contribution in [2.24, 2.45) is 0 Å². The number of sulfone groups is 2. The normalized spacial score (nSPS) is 21.5. The molecule has 1 unspecified atom stereocenters. The molecule has 1 aliphatic heterocycles. The number of nitrogens with one attached hydrogen (secondary N) is 1. The van der Waals surface area contributed by atoms with Crippen LogP contribution in [0.1, 0.15) is 50.8 Å². The Morgan fingerprint density at radius 1 is 0.939 bits per heavy atom. The van der Waals surface area contributed by atoms with E-state index in [1.165, 1.54) is 0 Å². The lowest BCUT2D eigenvalue weighted by Gasteiger charge is -2.32. The fourth-order valence-corrected chi connectivity index (χ4v) is 9.31. The van der Waals surface area contributed by atoms with Crippen molar-refractivity contribution >= 4 is 19.7 Å². The second kappa shape index (κ2) is 10.7. The molecule has 0 radical (unpaired) electrons. The second-order valence-electron chi connectivity index (χ2n) is 9.05.